The Bertz CT molecular complexity index is 521. The Morgan fingerprint density at radius 1 is 1.19 bits per heavy atom. The van der Waals surface area contributed by atoms with Crippen molar-refractivity contribution in [3.8, 4) is 11.5 Å². The minimum absolute atomic E-state index is 0.453. The number of benzene rings is 1. The Balaban J connectivity index is 2.31. The molecule has 0 aliphatic rings. The smallest absolute Gasteiger partial charge is 0.145 e. The predicted octanol–water partition coefficient (Wildman–Crippen LogP) is 3.82. The molecule has 0 unspecified atom stereocenters. The molecule has 5 nitrogen and oxygen atoms in total. The van der Waals surface area contributed by atoms with E-state index in [0.29, 0.717) is 17.2 Å². The molecule has 0 spiro atoms. The monoisotopic (exact) mass is 212 g/mol. The van der Waals surface area contributed by atoms with Crippen molar-refractivity contribution in [3.63, 3.8) is 0 Å². The third-order valence-electron chi connectivity index (χ3n) is 1.88. The van der Waals surface area contributed by atoms with Crippen LogP contribution in [0.5, 0.6) is 11.5 Å². The zero-order valence-electron chi connectivity index (χ0n) is 8.32. The second-order valence-corrected chi connectivity index (χ2v) is 2.95. The van der Waals surface area contributed by atoms with Crippen molar-refractivity contribution in [2.45, 2.75) is 0 Å². The Hall–Kier alpha value is -2.52. The number of azide groups is 1. The highest BCUT2D eigenvalue weighted by molar-refractivity contribution is 5.52. The Labute approximate surface area is 92.0 Å². The molecule has 0 radical (unpaired) electrons. The predicted molar refractivity (Wildman–Crippen MR) is 59.6 cm³/mol. The van der Waals surface area contributed by atoms with Gasteiger partial charge in [0.25, 0.3) is 0 Å². The lowest BCUT2D eigenvalue weighted by atomic mass is 10.3. The van der Waals surface area contributed by atoms with Crippen molar-refractivity contribution < 1.29 is 4.74 Å². The van der Waals surface area contributed by atoms with Crippen LogP contribution in [-0.2, 0) is 0 Å². The SMILES string of the molecule is [N-]=[N+]=Nc1ccccc1Oc1cccnc1. The van der Waals surface area contributed by atoms with Crippen LogP contribution in [0.1, 0.15) is 0 Å². The van der Waals surface area contributed by atoms with Crippen LogP contribution in [0.15, 0.2) is 53.9 Å². The van der Waals surface area contributed by atoms with Crippen LogP contribution in [0.25, 0.3) is 10.4 Å². The van der Waals surface area contributed by atoms with Gasteiger partial charge in [-0.15, -0.1) is 0 Å². The molecule has 0 aliphatic heterocycles. The zero-order valence-corrected chi connectivity index (χ0v) is 8.32. The van der Waals surface area contributed by atoms with Gasteiger partial charge in [-0.1, -0.05) is 17.2 Å². The van der Waals surface area contributed by atoms with Crippen LogP contribution >= 0.6 is 0 Å². The number of nitrogens with zero attached hydrogens (tertiary/aromatic N) is 4. The molecule has 5 heteroatoms. The van der Waals surface area contributed by atoms with Crippen LogP contribution in [-0.4, -0.2) is 4.98 Å². The van der Waals surface area contributed by atoms with Gasteiger partial charge >= 0.3 is 0 Å². The fraction of sp³-hybridized carbons (Fsp3) is 0. The highest BCUT2D eigenvalue weighted by Crippen LogP contribution is 2.30. The molecule has 0 atom stereocenters. The molecule has 0 bridgehead atoms. The molecule has 1 aromatic heterocycles. The third-order valence-corrected chi connectivity index (χ3v) is 1.88. The first kappa shape index (κ1) is 10.0. The Kier molecular flexibility index (Phi) is 3.01. The fourth-order valence-corrected chi connectivity index (χ4v) is 1.21. The lowest BCUT2D eigenvalue weighted by Crippen LogP contribution is -1.84. The van der Waals surface area contributed by atoms with Crippen LogP contribution in [0, 0.1) is 0 Å². The van der Waals surface area contributed by atoms with Gasteiger partial charge < -0.3 is 4.74 Å². The van der Waals surface area contributed by atoms with Gasteiger partial charge in [0.15, 0.2) is 0 Å². The quantitative estimate of drug-likeness (QED) is 0.440. The van der Waals surface area contributed by atoms with E-state index in [0.717, 1.165) is 0 Å². The summed E-state index contributed by atoms with van der Waals surface area (Å²) in [6.45, 7) is 0. The highest BCUT2D eigenvalue weighted by atomic mass is 16.5. The number of ether oxygens (including phenoxy) is 1. The van der Waals surface area contributed by atoms with Crippen molar-refractivity contribution in [2.24, 2.45) is 5.11 Å². The highest BCUT2D eigenvalue weighted by Gasteiger charge is 2.01. The van der Waals surface area contributed by atoms with E-state index in [1.165, 1.54) is 0 Å². The summed E-state index contributed by atoms with van der Waals surface area (Å²) in [6, 6.07) is 10.6. The number of hydrogen-bond acceptors (Lipinski definition) is 3. The van der Waals surface area contributed by atoms with Gasteiger partial charge in [0.1, 0.15) is 11.5 Å². The van der Waals surface area contributed by atoms with Gasteiger partial charge in [-0.05, 0) is 29.8 Å². The maximum Gasteiger partial charge on any atom is 0.145 e. The Morgan fingerprint density at radius 3 is 2.81 bits per heavy atom. The molecule has 0 saturated carbocycles. The molecule has 0 N–H and O–H groups in total. The van der Waals surface area contributed by atoms with Crippen molar-refractivity contribution in [1.29, 1.82) is 0 Å². The molecule has 0 saturated heterocycles. The minimum Gasteiger partial charge on any atom is -0.455 e. The average Bonchev–Trinajstić information content (AvgIpc) is 2.33. The van der Waals surface area contributed by atoms with Crippen LogP contribution in [0.3, 0.4) is 0 Å². The molecule has 2 rings (SSSR count). The average molecular weight is 212 g/mol. The summed E-state index contributed by atoms with van der Waals surface area (Å²) in [5, 5.41) is 3.54. The van der Waals surface area contributed by atoms with Gasteiger partial charge in [0, 0.05) is 11.1 Å². The standard InChI is InChI=1S/C11H8N4O/c12-15-14-10-5-1-2-6-11(10)16-9-4-3-7-13-8-9/h1-8H. The van der Waals surface area contributed by atoms with Gasteiger partial charge in [-0.2, -0.15) is 0 Å². The molecule has 0 fully saturated rings. The number of aromatic nitrogens is 1. The summed E-state index contributed by atoms with van der Waals surface area (Å²) in [5.74, 6) is 1.11. The van der Waals surface area contributed by atoms with Gasteiger partial charge in [0.2, 0.25) is 0 Å². The molecule has 78 valence electrons. The van der Waals surface area contributed by atoms with Crippen molar-refractivity contribution in [3.05, 3.63) is 59.2 Å². The molecule has 2 aromatic rings. The van der Waals surface area contributed by atoms with Crippen molar-refractivity contribution >= 4 is 5.69 Å². The summed E-state index contributed by atoms with van der Waals surface area (Å²) in [7, 11) is 0. The normalized spacial score (nSPS) is 9.25. The number of rotatable bonds is 3. The number of hydrogen-bond donors (Lipinski definition) is 0. The lowest BCUT2D eigenvalue weighted by molar-refractivity contribution is 0.481. The van der Waals surface area contributed by atoms with E-state index in [-0.39, 0.29) is 0 Å². The van der Waals surface area contributed by atoms with Crippen molar-refractivity contribution in [1.82, 2.24) is 4.98 Å². The van der Waals surface area contributed by atoms with Gasteiger partial charge in [-0.3, -0.25) is 4.98 Å². The van der Waals surface area contributed by atoms with Gasteiger partial charge in [-0.25, -0.2) is 0 Å². The zero-order chi connectivity index (χ0) is 11.2. The van der Waals surface area contributed by atoms with E-state index in [2.05, 4.69) is 15.0 Å². The van der Waals surface area contributed by atoms with Crippen LogP contribution in [0.2, 0.25) is 0 Å². The third kappa shape index (κ3) is 2.29. The fourth-order valence-electron chi connectivity index (χ4n) is 1.21. The molecular weight excluding hydrogens is 204 g/mol. The molecule has 1 aromatic carbocycles. The summed E-state index contributed by atoms with van der Waals surface area (Å²) < 4.78 is 5.53. The maximum atomic E-state index is 8.40. The maximum absolute atomic E-state index is 8.40. The largest absolute Gasteiger partial charge is 0.455 e. The molecule has 0 amide bonds. The first-order valence-electron chi connectivity index (χ1n) is 4.62. The number of para-hydroxylation sites is 1. The summed E-state index contributed by atoms with van der Waals surface area (Å²) in [6.07, 6.45) is 3.25. The molecule has 1 heterocycles. The topological polar surface area (TPSA) is 70.9 Å². The van der Waals surface area contributed by atoms with E-state index in [9.17, 15) is 0 Å². The second kappa shape index (κ2) is 4.82. The summed E-state index contributed by atoms with van der Waals surface area (Å²) >= 11 is 0. The van der Waals surface area contributed by atoms with Gasteiger partial charge in [0.05, 0.1) is 11.9 Å². The Morgan fingerprint density at radius 2 is 2.06 bits per heavy atom. The summed E-state index contributed by atoms with van der Waals surface area (Å²) in [5.41, 5.74) is 8.85. The van der Waals surface area contributed by atoms with E-state index in [1.54, 1.807) is 42.7 Å². The molecule has 0 aliphatic carbocycles. The van der Waals surface area contributed by atoms with E-state index < -0.39 is 0 Å². The van der Waals surface area contributed by atoms with Crippen LogP contribution < -0.4 is 4.74 Å². The molecule has 16 heavy (non-hydrogen) atoms. The van der Waals surface area contributed by atoms with E-state index in [1.807, 2.05) is 6.07 Å². The number of pyridine rings is 1. The second-order valence-electron chi connectivity index (χ2n) is 2.95. The minimum atomic E-state index is 0.453. The first-order chi connectivity index (χ1) is 7.90. The van der Waals surface area contributed by atoms with E-state index >= 15 is 0 Å². The summed E-state index contributed by atoms with van der Waals surface area (Å²) in [4.78, 5) is 6.67. The van der Waals surface area contributed by atoms with Crippen molar-refractivity contribution in [2.75, 3.05) is 0 Å². The lowest BCUT2D eigenvalue weighted by Gasteiger charge is -2.06. The van der Waals surface area contributed by atoms with E-state index in [4.69, 9.17) is 10.3 Å². The molecular formula is C11H8N4O. The van der Waals surface area contributed by atoms with Crippen LogP contribution in [0.4, 0.5) is 5.69 Å². The first-order valence-corrected chi connectivity index (χ1v) is 4.62.